The van der Waals surface area contributed by atoms with Crippen molar-refractivity contribution >= 4 is 28.4 Å². The minimum absolute atomic E-state index is 0.0315. The molecule has 0 bridgehead atoms. The average Bonchev–Trinajstić information content (AvgIpc) is 3.27. The molecule has 2 aliphatic heterocycles. The van der Waals surface area contributed by atoms with E-state index < -0.39 is 0 Å². The molecule has 8 heteroatoms. The molecule has 0 saturated carbocycles. The van der Waals surface area contributed by atoms with E-state index in [1.54, 1.807) is 14.2 Å². The lowest BCUT2D eigenvalue weighted by molar-refractivity contribution is -0.121. The molecular formula is C30H30N4O4. The Balaban J connectivity index is 1.34. The largest absolute Gasteiger partial charge is 0.493 e. The van der Waals surface area contributed by atoms with Crippen molar-refractivity contribution < 1.29 is 19.1 Å². The Kier molecular flexibility index (Phi) is 5.94. The van der Waals surface area contributed by atoms with Crippen molar-refractivity contribution in [1.29, 1.82) is 0 Å². The third-order valence-electron chi connectivity index (χ3n) is 7.64. The number of hydrogen-bond donors (Lipinski definition) is 1. The highest BCUT2D eigenvalue weighted by atomic mass is 16.5. The zero-order chi connectivity index (χ0) is 26.4. The van der Waals surface area contributed by atoms with Crippen LogP contribution in [0.3, 0.4) is 0 Å². The molecule has 0 spiro atoms. The topological polar surface area (TPSA) is 76.0 Å². The molecule has 6 rings (SSSR count). The van der Waals surface area contributed by atoms with Gasteiger partial charge in [-0.25, -0.2) is 0 Å². The zero-order valence-corrected chi connectivity index (χ0v) is 21.7. The van der Waals surface area contributed by atoms with Gasteiger partial charge in [0.1, 0.15) is 12.7 Å². The van der Waals surface area contributed by atoms with Crippen molar-refractivity contribution in [3.05, 3.63) is 89.1 Å². The number of rotatable bonds is 6. The van der Waals surface area contributed by atoms with Gasteiger partial charge in [-0.15, -0.1) is 0 Å². The number of nitrogens with one attached hydrogen (secondary N) is 1. The van der Waals surface area contributed by atoms with Crippen molar-refractivity contribution in [2.24, 2.45) is 0 Å². The second kappa shape index (κ2) is 9.45. The van der Waals surface area contributed by atoms with Crippen LogP contribution < -0.4 is 19.7 Å². The number of aromatic nitrogens is 1. The van der Waals surface area contributed by atoms with Gasteiger partial charge in [-0.05, 0) is 47.9 Å². The van der Waals surface area contributed by atoms with Crippen LogP contribution in [0.4, 0.5) is 5.69 Å². The van der Waals surface area contributed by atoms with Crippen molar-refractivity contribution in [1.82, 2.24) is 14.8 Å². The van der Waals surface area contributed by atoms with Crippen LogP contribution in [0.2, 0.25) is 0 Å². The number of benzene rings is 3. The van der Waals surface area contributed by atoms with E-state index in [0.717, 1.165) is 34.3 Å². The number of methoxy groups -OCH3 is 2. The fraction of sp³-hybridized carbons (Fsp3) is 0.267. The van der Waals surface area contributed by atoms with E-state index in [4.69, 9.17) is 9.47 Å². The number of nitrogens with zero attached hydrogens (tertiary/aromatic N) is 3. The quantitative estimate of drug-likeness (QED) is 0.422. The number of ether oxygens (including phenoxy) is 2. The first-order valence-corrected chi connectivity index (χ1v) is 12.7. The van der Waals surface area contributed by atoms with Crippen molar-refractivity contribution in [3.8, 4) is 11.5 Å². The van der Waals surface area contributed by atoms with Gasteiger partial charge in [0.2, 0.25) is 5.91 Å². The summed E-state index contributed by atoms with van der Waals surface area (Å²) in [6, 6.07) is 21.5. The number of carbonyl (C=O) groups excluding carboxylic acids is 2. The smallest absolute Gasteiger partial charge is 0.257 e. The summed E-state index contributed by atoms with van der Waals surface area (Å²) in [5.74, 6) is 1.19. The highest BCUT2D eigenvalue weighted by Crippen LogP contribution is 2.44. The molecule has 0 fully saturated rings. The maximum atomic E-state index is 13.5. The molecule has 2 aliphatic rings. The number of hydrogen-bond acceptors (Lipinski definition) is 5. The zero-order valence-electron chi connectivity index (χ0n) is 21.7. The van der Waals surface area contributed by atoms with Crippen LogP contribution >= 0.6 is 0 Å². The second-order valence-corrected chi connectivity index (χ2v) is 9.68. The Morgan fingerprint density at radius 3 is 2.58 bits per heavy atom. The highest BCUT2D eigenvalue weighted by molar-refractivity contribution is 6.02. The maximum Gasteiger partial charge on any atom is 0.257 e. The van der Waals surface area contributed by atoms with Crippen molar-refractivity contribution in [3.63, 3.8) is 0 Å². The number of fused-ring (bicyclic) bond motifs is 6. The summed E-state index contributed by atoms with van der Waals surface area (Å²) in [5, 5.41) is 4.19. The predicted octanol–water partition coefficient (Wildman–Crippen LogP) is 4.12. The molecule has 38 heavy (non-hydrogen) atoms. The molecule has 8 nitrogen and oxygen atoms in total. The lowest BCUT2D eigenvalue weighted by atomic mass is 9.96. The first kappa shape index (κ1) is 23.9. The van der Waals surface area contributed by atoms with Crippen LogP contribution in [0.5, 0.6) is 11.5 Å². The van der Waals surface area contributed by atoms with E-state index in [-0.39, 0.29) is 24.5 Å². The normalized spacial score (nSPS) is 16.1. The Morgan fingerprint density at radius 1 is 1.00 bits per heavy atom. The van der Waals surface area contributed by atoms with E-state index >= 15 is 0 Å². The van der Waals surface area contributed by atoms with Gasteiger partial charge in [-0.3, -0.25) is 9.59 Å². The minimum Gasteiger partial charge on any atom is -0.493 e. The van der Waals surface area contributed by atoms with Gasteiger partial charge in [-0.2, -0.15) is 0 Å². The first-order chi connectivity index (χ1) is 18.5. The van der Waals surface area contributed by atoms with E-state index in [9.17, 15) is 9.59 Å². The molecule has 0 radical (unpaired) electrons. The predicted molar refractivity (Wildman–Crippen MR) is 146 cm³/mol. The lowest BCUT2D eigenvalue weighted by Crippen LogP contribution is -2.51. The monoisotopic (exact) mass is 510 g/mol. The van der Waals surface area contributed by atoms with Crippen LogP contribution in [-0.4, -0.2) is 49.1 Å². The number of anilines is 1. The summed E-state index contributed by atoms with van der Waals surface area (Å²) in [6.07, 6.45) is 0.459. The van der Waals surface area contributed by atoms with E-state index in [1.165, 1.54) is 5.56 Å². The fourth-order valence-corrected chi connectivity index (χ4v) is 5.87. The molecule has 2 amide bonds. The summed E-state index contributed by atoms with van der Waals surface area (Å²) in [4.78, 5) is 30.9. The summed E-state index contributed by atoms with van der Waals surface area (Å²) in [7, 11) is 5.21. The van der Waals surface area contributed by atoms with Gasteiger partial charge in [0.05, 0.1) is 31.2 Å². The third kappa shape index (κ3) is 3.75. The molecule has 0 saturated heterocycles. The Bertz CT molecular complexity index is 1560. The van der Waals surface area contributed by atoms with Crippen LogP contribution in [0, 0.1) is 0 Å². The number of carbonyl (C=O) groups is 2. The van der Waals surface area contributed by atoms with Gasteiger partial charge in [-0.1, -0.05) is 36.4 Å². The standard InChI is InChI=1S/C30H30N4O4/c1-32-23-10-6-5-9-22(23)30(36)33-15-14-21-20-8-4-7-11-24(20)34(28(21)29(32)33)18-27(35)31-17-19-12-13-25(37-2)26(16-19)38-3/h4-13,16,29H,14-15,17-18H2,1-3H3,(H,31,35). The third-order valence-corrected chi connectivity index (χ3v) is 7.64. The summed E-state index contributed by atoms with van der Waals surface area (Å²) in [6.45, 7) is 1.15. The molecule has 194 valence electrons. The van der Waals surface area contributed by atoms with Crippen LogP contribution in [0.15, 0.2) is 66.7 Å². The molecule has 0 aliphatic carbocycles. The highest BCUT2D eigenvalue weighted by Gasteiger charge is 2.42. The summed E-state index contributed by atoms with van der Waals surface area (Å²) >= 11 is 0. The second-order valence-electron chi connectivity index (χ2n) is 9.68. The SMILES string of the molecule is COc1ccc(CNC(=O)Cn2c3c(c4ccccc42)CCN2C(=O)c4ccccc4N(C)C32)cc1OC. The number of para-hydroxylation sites is 2. The first-order valence-electron chi connectivity index (χ1n) is 12.7. The number of amides is 2. The van der Waals surface area contributed by atoms with Crippen LogP contribution in [0.1, 0.15) is 33.3 Å². The van der Waals surface area contributed by atoms with Crippen molar-refractivity contribution in [2.75, 3.05) is 32.7 Å². The van der Waals surface area contributed by atoms with Gasteiger partial charge in [0.15, 0.2) is 11.5 Å². The minimum atomic E-state index is -0.285. The Hall–Kier alpha value is -4.46. The molecular weight excluding hydrogens is 480 g/mol. The van der Waals surface area contributed by atoms with Gasteiger partial charge >= 0.3 is 0 Å². The van der Waals surface area contributed by atoms with E-state index in [1.807, 2.05) is 66.5 Å². The lowest BCUT2D eigenvalue weighted by Gasteiger charge is -2.46. The molecule has 1 atom stereocenters. The molecule has 3 heterocycles. The van der Waals surface area contributed by atoms with Crippen LogP contribution in [-0.2, 0) is 24.3 Å². The van der Waals surface area contributed by atoms with Gasteiger partial charge < -0.3 is 29.2 Å². The van der Waals surface area contributed by atoms with E-state index in [0.29, 0.717) is 30.2 Å². The maximum absolute atomic E-state index is 13.5. The molecule has 1 aromatic heterocycles. The van der Waals surface area contributed by atoms with Gasteiger partial charge in [0, 0.05) is 31.0 Å². The molecule has 1 N–H and O–H groups in total. The van der Waals surface area contributed by atoms with E-state index in [2.05, 4.69) is 26.9 Å². The van der Waals surface area contributed by atoms with Crippen LogP contribution in [0.25, 0.3) is 10.9 Å². The summed E-state index contributed by atoms with van der Waals surface area (Å²) in [5.41, 5.74) is 5.74. The fourth-order valence-electron chi connectivity index (χ4n) is 5.87. The van der Waals surface area contributed by atoms with Gasteiger partial charge in [0.25, 0.3) is 5.91 Å². The summed E-state index contributed by atoms with van der Waals surface area (Å²) < 4.78 is 12.8. The Morgan fingerprint density at radius 2 is 1.76 bits per heavy atom. The molecule has 4 aromatic rings. The molecule has 1 unspecified atom stereocenters. The Labute approximate surface area is 221 Å². The molecule has 3 aromatic carbocycles. The average molecular weight is 511 g/mol. The van der Waals surface area contributed by atoms with Crippen molar-refractivity contribution in [2.45, 2.75) is 25.7 Å².